The number of carbonyl (C=O) groups is 2. The molecule has 0 fully saturated rings. The lowest BCUT2D eigenvalue weighted by Gasteiger charge is -2.05. The van der Waals surface area contributed by atoms with Crippen LogP contribution in [-0.2, 0) is 16.0 Å². The molecule has 0 bridgehead atoms. The molecule has 1 rings (SSSR count). The van der Waals surface area contributed by atoms with Crippen molar-refractivity contribution >= 4 is 18.3 Å². The minimum absolute atomic E-state index is 0.455. The molecule has 1 aromatic rings. The Morgan fingerprint density at radius 2 is 2.19 bits per heavy atom. The highest BCUT2D eigenvalue weighted by Gasteiger charge is 2.00. The van der Waals surface area contributed by atoms with Crippen molar-refractivity contribution in [3.63, 3.8) is 0 Å². The quantitative estimate of drug-likeness (QED) is 0.609. The van der Waals surface area contributed by atoms with E-state index in [1.165, 1.54) is 0 Å². The van der Waals surface area contributed by atoms with E-state index < -0.39 is 5.97 Å². The molecule has 0 saturated carbocycles. The fourth-order valence-corrected chi connectivity index (χ4v) is 1.47. The molecule has 0 atom stereocenters. The number of hydrogen-bond acceptors (Lipinski definition) is 2. The Morgan fingerprint density at radius 1 is 1.44 bits per heavy atom. The van der Waals surface area contributed by atoms with Crippen molar-refractivity contribution in [1.29, 1.82) is 0 Å². The number of aliphatic carboxylic acids is 1. The van der Waals surface area contributed by atoms with Gasteiger partial charge >= 0.3 is 5.97 Å². The number of carboxylic acids is 1. The van der Waals surface area contributed by atoms with Gasteiger partial charge in [-0.3, -0.25) is 0 Å². The van der Waals surface area contributed by atoms with Gasteiger partial charge in [-0.15, -0.1) is 0 Å². The molecule has 0 unspecified atom stereocenters. The van der Waals surface area contributed by atoms with E-state index in [9.17, 15) is 9.59 Å². The standard InChI is InChI=1S/C13H14O3/c1-10-4-5-11(3-2-8-14)12(9-10)6-7-13(15)16/h4-9H,2-3H2,1H3,(H,15,16)/b7-6+. The van der Waals surface area contributed by atoms with Gasteiger partial charge in [-0.05, 0) is 30.5 Å². The summed E-state index contributed by atoms with van der Waals surface area (Å²) < 4.78 is 0. The number of rotatable bonds is 5. The van der Waals surface area contributed by atoms with Gasteiger partial charge in [0.05, 0.1) is 0 Å². The van der Waals surface area contributed by atoms with Crippen LogP contribution >= 0.6 is 0 Å². The Kier molecular flexibility index (Phi) is 4.45. The molecule has 0 aliphatic rings. The van der Waals surface area contributed by atoms with Gasteiger partial charge in [-0.25, -0.2) is 4.79 Å². The normalized spacial score (nSPS) is 10.6. The smallest absolute Gasteiger partial charge is 0.328 e. The third-order valence-corrected chi connectivity index (χ3v) is 2.24. The molecule has 3 heteroatoms. The first kappa shape index (κ1) is 12.2. The topological polar surface area (TPSA) is 54.4 Å². The SMILES string of the molecule is Cc1ccc(CCC=O)c(/C=C/C(=O)O)c1. The zero-order valence-corrected chi connectivity index (χ0v) is 9.14. The summed E-state index contributed by atoms with van der Waals surface area (Å²) in [6, 6.07) is 5.80. The Balaban J connectivity index is 2.97. The van der Waals surface area contributed by atoms with Crippen molar-refractivity contribution in [2.75, 3.05) is 0 Å². The monoisotopic (exact) mass is 218 g/mol. The summed E-state index contributed by atoms with van der Waals surface area (Å²) in [5.41, 5.74) is 2.93. The lowest BCUT2D eigenvalue weighted by Crippen LogP contribution is -1.93. The third kappa shape index (κ3) is 3.69. The van der Waals surface area contributed by atoms with Crippen LogP contribution in [0.2, 0.25) is 0 Å². The van der Waals surface area contributed by atoms with E-state index in [2.05, 4.69) is 0 Å². The van der Waals surface area contributed by atoms with Gasteiger partial charge in [0, 0.05) is 12.5 Å². The maximum atomic E-state index is 10.4. The van der Waals surface area contributed by atoms with Gasteiger partial charge in [0.2, 0.25) is 0 Å². The molecule has 0 heterocycles. The molecule has 3 nitrogen and oxygen atoms in total. The van der Waals surface area contributed by atoms with Crippen molar-refractivity contribution in [3.8, 4) is 0 Å². The molecule has 0 aromatic heterocycles. The average Bonchev–Trinajstić information content (AvgIpc) is 2.25. The van der Waals surface area contributed by atoms with Crippen LogP contribution < -0.4 is 0 Å². The first-order valence-electron chi connectivity index (χ1n) is 5.07. The zero-order valence-electron chi connectivity index (χ0n) is 9.14. The first-order valence-corrected chi connectivity index (χ1v) is 5.07. The highest BCUT2D eigenvalue weighted by molar-refractivity contribution is 5.85. The summed E-state index contributed by atoms with van der Waals surface area (Å²) in [5.74, 6) is -0.970. The predicted octanol–water partition coefficient (Wildman–Crippen LogP) is 2.22. The van der Waals surface area contributed by atoms with Gasteiger partial charge in [0.1, 0.15) is 6.29 Å². The van der Waals surface area contributed by atoms with E-state index in [1.807, 2.05) is 25.1 Å². The molecule has 16 heavy (non-hydrogen) atoms. The molecule has 0 aliphatic carbocycles. The van der Waals surface area contributed by atoms with E-state index in [1.54, 1.807) is 6.08 Å². The second-order valence-corrected chi connectivity index (χ2v) is 3.58. The highest BCUT2D eigenvalue weighted by Crippen LogP contribution is 2.15. The molecular formula is C13H14O3. The van der Waals surface area contributed by atoms with Crippen LogP contribution in [0.4, 0.5) is 0 Å². The molecule has 0 radical (unpaired) electrons. The van der Waals surface area contributed by atoms with Gasteiger partial charge in [0.25, 0.3) is 0 Å². The maximum Gasteiger partial charge on any atom is 0.328 e. The molecule has 0 saturated heterocycles. The Bertz CT molecular complexity index is 419. The van der Waals surface area contributed by atoms with Crippen LogP contribution in [0.15, 0.2) is 24.3 Å². The van der Waals surface area contributed by atoms with Gasteiger partial charge in [-0.1, -0.05) is 23.8 Å². The van der Waals surface area contributed by atoms with Crippen molar-refractivity contribution in [2.24, 2.45) is 0 Å². The lowest BCUT2D eigenvalue weighted by molar-refractivity contribution is -0.131. The molecule has 1 N–H and O–H groups in total. The summed E-state index contributed by atoms with van der Waals surface area (Å²) in [6.45, 7) is 1.95. The van der Waals surface area contributed by atoms with Gasteiger partial charge in [0.15, 0.2) is 0 Å². The van der Waals surface area contributed by atoms with E-state index >= 15 is 0 Å². The molecule has 1 aromatic carbocycles. The Labute approximate surface area is 94.4 Å². The summed E-state index contributed by atoms with van der Waals surface area (Å²) in [7, 11) is 0. The Morgan fingerprint density at radius 3 is 2.81 bits per heavy atom. The number of benzene rings is 1. The molecule has 0 aliphatic heterocycles. The number of hydrogen-bond donors (Lipinski definition) is 1. The largest absolute Gasteiger partial charge is 0.478 e. The predicted molar refractivity (Wildman–Crippen MR) is 62.2 cm³/mol. The van der Waals surface area contributed by atoms with E-state index in [4.69, 9.17) is 5.11 Å². The Hall–Kier alpha value is -1.90. The summed E-state index contributed by atoms with van der Waals surface area (Å²) in [4.78, 5) is 20.8. The molecule has 0 amide bonds. The van der Waals surface area contributed by atoms with Gasteiger partial charge < -0.3 is 9.90 Å². The molecule has 0 spiro atoms. The second kappa shape index (κ2) is 5.85. The minimum Gasteiger partial charge on any atom is -0.478 e. The summed E-state index contributed by atoms with van der Waals surface area (Å²) in [5, 5.41) is 8.57. The van der Waals surface area contributed by atoms with Crippen molar-refractivity contribution in [3.05, 3.63) is 41.0 Å². The summed E-state index contributed by atoms with van der Waals surface area (Å²) >= 11 is 0. The fourth-order valence-electron chi connectivity index (χ4n) is 1.47. The third-order valence-electron chi connectivity index (χ3n) is 2.24. The number of carboxylic acid groups (broad SMARTS) is 1. The van der Waals surface area contributed by atoms with E-state index in [0.29, 0.717) is 12.8 Å². The van der Waals surface area contributed by atoms with Crippen LogP contribution in [-0.4, -0.2) is 17.4 Å². The lowest BCUT2D eigenvalue weighted by atomic mass is 10.0. The average molecular weight is 218 g/mol. The molecular weight excluding hydrogens is 204 g/mol. The fraction of sp³-hybridized carbons (Fsp3) is 0.231. The van der Waals surface area contributed by atoms with Crippen LogP contribution in [0.1, 0.15) is 23.1 Å². The van der Waals surface area contributed by atoms with Crippen LogP contribution in [0, 0.1) is 6.92 Å². The van der Waals surface area contributed by atoms with Crippen molar-refractivity contribution in [2.45, 2.75) is 19.8 Å². The van der Waals surface area contributed by atoms with Crippen molar-refractivity contribution < 1.29 is 14.7 Å². The van der Waals surface area contributed by atoms with Gasteiger partial charge in [-0.2, -0.15) is 0 Å². The highest BCUT2D eigenvalue weighted by atomic mass is 16.4. The van der Waals surface area contributed by atoms with E-state index in [-0.39, 0.29) is 0 Å². The van der Waals surface area contributed by atoms with Crippen LogP contribution in [0.25, 0.3) is 6.08 Å². The maximum absolute atomic E-state index is 10.4. The molecule has 84 valence electrons. The zero-order chi connectivity index (χ0) is 12.0. The summed E-state index contributed by atoms with van der Waals surface area (Å²) in [6.07, 6.45) is 4.64. The van der Waals surface area contributed by atoms with Crippen LogP contribution in [0.5, 0.6) is 0 Å². The number of carbonyl (C=O) groups excluding carboxylic acids is 1. The number of aldehydes is 1. The van der Waals surface area contributed by atoms with Crippen LogP contribution in [0.3, 0.4) is 0 Å². The first-order chi connectivity index (χ1) is 7.63. The number of aryl methyl sites for hydroxylation is 2. The van der Waals surface area contributed by atoms with E-state index in [0.717, 1.165) is 29.1 Å². The minimum atomic E-state index is -0.970. The van der Waals surface area contributed by atoms with Crippen molar-refractivity contribution in [1.82, 2.24) is 0 Å². The second-order valence-electron chi connectivity index (χ2n) is 3.58.